The van der Waals surface area contributed by atoms with Crippen LogP contribution in [0.15, 0.2) is 41.8 Å². The minimum absolute atomic E-state index is 0.215. The van der Waals surface area contributed by atoms with Gasteiger partial charge in [-0.1, -0.05) is 24.3 Å². The summed E-state index contributed by atoms with van der Waals surface area (Å²) in [6.07, 6.45) is 0. The van der Waals surface area contributed by atoms with Gasteiger partial charge in [-0.15, -0.1) is 11.3 Å². The van der Waals surface area contributed by atoms with Gasteiger partial charge < -0.3 is 5.73 Å². The molecule has 17 heavy (non-hydrogen) atoms. The third kappa shape index (κ3) is 1.66. The van der Waals surface area contributed by atoms with Crippen LogP contribution in [0.5, 0.6) is 0 Å². The van der Waals surface area contributed by atoms with Gasteiger partial charge in [-0.2, -0.15) is 0 Å². The number of anilines is 1. The second-order valence-corrected chi connectivity index (χ2v) is 4.60. The molecule has 84 valence electrons. The highest BCUT2D eigenvalue weighted by atomic mass is 32.1. The van der Waals surface area contributed by atoms with Crippen LogP contribution in [0, 0.1) is 5.82 Å². The van der Waals surface area contributed by atoms with Crippen LogP contribution in [0.25, 0.3) is 22.0 Å². The summed E-state index contributed by atoms with van der Waals surface area (Å²) < 4.78 is 13.6. The average Bonchev–Trinajstić information content (AvgIpc) is 2.77. The molecule has 0 fully saturated rings. The molecule has 0 bridgehead atoms. The first kappa shape index (κ1) is 10.2. The maximum atomic E-state index is 13.6. The Morgan fingerprint density at radius 3 is 2.53 bits per heavy atom. The minimum Gasteiger partial charge on any atom is -0.375 e. The van der Waals surface area contributed by atoms with Crippen molar-refractivity contribution in [2.45, 2.75) is 0 Å². The van der Waals surface area contributed by atoms with Crippen molar-refractivity contribution >= 4 is 27.2 Å². The van der Waals surface area contributed by atoms with Gasteiger partial charge in [0.1, 0.15) is 5.82 Å². The van der Waals surface area contributed by atoms with Crippen LogP contribution >= 0.6 is 11.3 Å². The fourth-order valence-corrected chi connectivity index (χ4v) is 2.46. The summed E-state index contributed by atoms with van der Waals surface area (Å²) >= 11 is 1.38. The van der Waals surface area contributed by atoms with E-state index in [-0.39, 0.29) is 5.82 Å². The molecule has 0 aliphatic heterocycles. The molecule has 0 atom stereocenters. The molecule has 2 N–H and O–H groups in total. The molecule has 0 aliphatic carbocycles. The molecule has 0 aliphatic rings. The lowest BCUT2D eigenvalue weighted by Crippen LogP contribution is -1.86. The summed E-state index contributed by atoms with van der Waals surface area (Å²) in [6, 6.07) is 10.6. The van der Waals surface area contributed by atoms with Gasteiger partial charge in [0.05, 0.1) is 5.69 Å². The van der Waals surface area contributed by atoms with Gasteiger partial charge in [0, 0.05) is 16.3 Å². The lowest BCUT2D eigenvalue weighted by Gasteiger charge is -2.04. The van der Waals surface area contributed by atoms with E-state index >= 15 is 0 Å². The fourth-order valence-electron chi connectivity index (χ4n) is 1.90. The minimum atomic E-state index is -0.215. The molecule has 0 saturated carbocycles. The third-order valence-electron chi connectivity index (χ3n) is 2.67. The molecule has 3 aromatic rings. The van der Waals surface area contributed by atoms with Crippen molar-refractivity contribution in [1.29, 1.82) is 0 Å². The normalized spacial score (nSPS) is 10.9. The molecule has 2 aromatic carbocycles. The topological polar surface area (TPSA) is 38.9 Å². The van der Waals surface area contributed by atoms with Gasteiger partial charge in [0.15, 0.2) is 5.13 Å². The van der Waals surface area contributed by atoms with E-state index in [0.29, 0.717) is 10.5 Å². The highest BCUT2D eigenvalue weighted by Crippen LogP contribution is 2.31. The quantitative estimate of drug-likeness (QED) is 0.709. The van der Waals surface area contributed by atoms with Crippen molar-refractivity contribution in [3.05, 3.63) is 47.6 Å². The van der Waals surface area contributed by atoms with Crippen LogP contribution in [0.1, 0.15) is 0 Å². The van der Waals surface area contributed by atoms with E-state index in [9.17, 15) is 4.39 Å². The fraction of sp³-hybridized carbons (Fsp3) is 0. The number of fused-ring (bicyclic) bond motifs is 1. The Morgan fingerprint density at radius 1 is 1.06 bits per heavy atom. The average molecular weight is 244 g/mol. The van der Waals surface area contributed by atoms with E-state index in [2.05, 4.69) is 4.98 Å². The van der Waals surface area contributed by atoms with E-state index in [1.807, 2.05) is 23.6 Å². The van der Waals surface area contributed by atoms with Crippen molar-refractivity contribution in [3.8, 4) is 11.3 Å². The van der Waals surface area contributed by atoms with E-state index in [0.717, 1.165) is 16.6 Å². The number of rotatable bonds is 1. The van der Waals surface area contributed by atoms with Crippen LogP contribution in [-0.2, 0) is 0 Å². The van der Waals surface area contributed by atoms with Gasteiger partial charge in [0.25, 0.3) is 0 Å². The van der Waals surface area contributed by atoms with Crippen LogP contribution in [0.4, 0.5) is 9.52 Å². The van der Waals surface area contributed by atoms with Gasteiger partial charge in [-0.3, -0.25) is 0 Å². The smallest absolute Gasteiger partial charge is 0.180 e. The van der Waals surface area contributed by atoms with E-state index in [4.69, 9.17) is 5.73 Å². The van der Waals surface area contributed by atoms with E-state index in [1.165, 1.54) is 17.4 Å². The first-order valence-electron chi connectivity index (χ1n) is 5.14. The number of benzene rings is 2. The molecular weight excluding hydrogens is 235 g/mol. The van der Waals surface area contributed by atoms with E-state index < -0.39 is 0 Å². The first-order chi connectivity index (χ1) is 8.25. The van der Waals surface area contributed by atoms with Crippen LogP contribution < -0.4 is 5.73 Å². The van der Waals surface area contributed by atoms with Crippen molar-refractivity contribution in [2.24, 2.45) is 0 Å². The van der Waals surface area contributed by atoms with Gasteiger partial charge in [-0.05, 0) is 17.5 Å². The Kier molecular flexibility index (Phi) is 2.30. The second kappa shape index (κ2) is 3.82. The maximum Gasteiger partial charge on any atom is 0.180 e. The van der Waals surface area contributed by atoms with Gasteiger partial charge >= 0.3 is 0 Å². The lowest BCUT2D eigenvalue weighted by atomic mass is 10.0. The number of aromatic nitrogens is 1. The molecule has 4 heteroatoms. The molecule has 0 spiro atoms. The van der Waals surface area contributed by atoms with Crippen LogP contribution in [-0.4, -0.2) is 4.98 Å². The summed E-state index contributed by atoms with van der Waals surface area (Å²) in [5.74, 6) is -0.215. The standard InChI is InChI=1S/C13H9FN2S/c14-11-6-5-10(12-7-17-13(15)16-12)8-3-1-2-4-9(8)11/h1-7H,(H2,15,16). The van der Waals surface area contributed by atoms with Crippen molar-refractivity contribution in [1.82, 2.24) is 4.98 Å². The van der Waals surface area contributed by atoms with Crippen LogP contribution in [0.2, 0.25) is 0 Å². The summed E-state index contributed by atoms with van der Waals surface area (Å²) in [7, 11) is 0. The van der Waals surface area contributed by atoms with Crippen molar-refractivity contribution in [2.75, 3.05) is 5.73 Å². The number of nitrogens with zero attached hydrogens (tertiary/aromatic N) is 1. The number of nitrogen functional groups attached to an aromatic ring is 1. The Morgan fingerprint density at radius 2 is 1.82 bits per heavy atom. The second-order valence-electron chi connectivity index (χ2n) is 3.71. The zero-order valence-corrected chi connectivity index (χ0v) is 9.67. The zero-order chi connectivity index (χ0) is 11.8. The molecule has 0 saturated heterocycles. The molecule has 0 amide bonds. The first-order valence-corrected chi connectivity index (χ1v) is 6.02. The molecule has 3 rings (SSSR count). The van der Waals surface area contributed by atoms with E-state index in [1.54, 1.807) is 12.1 Å². The lowest BCUT2D eigenvalue weighted by molar-refractivity contribution is 0.640. The Balaban J connectivity index is 2.34. The largest absolute Gasteiger partial charge is 0.375 e. The predicted octanol–water partition coefficient (Wildman–Crippen LogP) is 3.68. The number of hydrogen-bond donors (Lipinski definition) is 1. The summed E-state index contributed by atoms with van der Waals surface area (Å²) in [4.78, 5) is 4.23. The summed E-state index contributed by atoms with van der Waals surface area (Å²) in [5, 5.41) is 3.87. The molecule has 1 heterocycles. The zero-order valence-electron chi connectivity index (χ0n) is 8.85. The third-order valence-corrected chi connectivity index (χ3v) is 3.34. The maximum absolute atomic E-state index is 13.6. The highest BCUT2D eigenvalue weighted by Gasteiger charge is 2.09. The van der Waals surface area contributed by atoms with Crippen LogP contribution in [0.3, 0.4) is 0 Å². The highest BCUT2D eigenvalue weighted by molar-refractivity contribution is 7.13. The van der Waals surface area contributed by atoms with Crippen molar-refractivity contribution in [3.63, 3.8) is 0 Å². The molecule has 0 radical (unpaired) electrons. The number of nitrogens with two attached hydrogens (primary N) is 1. The number of hydrogen-bond acceptors (Lipinski definition) is 3. The summed E-state index contributed by atoms with van der Waals surface area (Å²) in [5.41, 5.74) is 7.33. The molecular formula is C13H9FN2S. The predicted molar refractivity (Wildman–Crippen MR) is 69.4 cm³/mol. The molecule has 2 nitrogen and oxygen atoms in total. The van der Waals surface area contributed by atoms with Gasteiger partial charge in [0.2, 0.25) is 0 Å². The van der Waals surface area contributed by atoms with Gasteiger partial charge in [-0.25, -0.2) is 9.37 Å². The Hall–Kier alpha value is -1.94. The number of halogens is 1. The van der Waals surface area contributed by atoms with Crippen molar-refractivity contribution < 1.29 is 4.39 Å². The monoisotopic (exact) mass is 244 g/mol. The molecule has 0 unspecified atom stereocenters. The summed E-state index contributed by atoms with van der Waals surface area (Å²) in [6.45, 7) is 0. The molecule has 1 aromatic heterocycles. The Labute approximate surface area is 102 Å². The Bertz CT molecular complexity index is 691. The number of thiazole rings is 1. The SMILES string of the molecule is Nc1nc(-c2ccc(F)c3ccccc23)cs1.